The molecular weight excluding hydrogens is 502 g/mol. The van der Waals surface area contributed by atoms with Crippen molar-refractivity contribution in [1.82, 2.24) is 10.2 Å². The Kier molecular flexibility index (Phi) is 9.61. The van der Waals surface area contributed by atoms with E-state index in [-0.39, 0.29) is 17.7 Å². The van der Waals surface area contributed by atoms with Crippen LogP contribution in [0.25, 0.3) is 10.8 Å². The van der Waals surface area contributed by atoms with E-state index >= 15 is 0 Å². The SMILES string of the molecule is CC(C)CC(NC(=O)OC(C)(C)C)C(=O)N(C(C(=O)Nc1ccc2ccccc2c1)c1ccccc1)C(C)(C)C. The second-order valence-electron chi connectivity index (χ2n) is 12.6. The summed E-state index contributed by atoms with van der Waals surface area (Å²) in [5.74, 6) is -0.591. The largest absolute Gasteiger partial charge is 0.444 e. The van der Waals surface area contributed by atoms with Crippen LogP contribution in [0.2, 0.25) is 0 Å². The molecular formula is C33H43N3O4. The molecule has 40 heavy (non-hydrogen) atoms. The Bertz CT molecular complexity index is 1320. The van der Waals surface area contributed by atoms with Gasteiger partial charge in [0.05, 0.1) is 0 Å². The van der Waals surface area contributed by atoms with Crippen molar-refractivity contribution in [1.29, 1.82) is 0 Å². The molecule has 7 nitrogen and oxygen atoms in total. The third-order valence-electron chi connectivity index (χ3n) is 6.30. The molecule has 3 aromatic carbocycles. The Morgan fingerprint density at radius 3 is 2.00 bits per heavy atom. The molecule has 0 aliphatic heterocycles. The summed E-state index contributed by atoms with van der Waals surface area (Å²) in [6.07, 6.45) is -0.282. The fourth-order valence-electron chi connectivity index (χ4n) is 4.69. The van der Waals surface area contributed by atoms with Crippen molar-refractivity contribution in [3.63, 3.8) is 0 Å². The first kappa shape index (κ1) is 30.7. The highest BCUT2D eigenvalue weighted by Gasteiger charge is 2.42. The van der Waals surface area contributed by atoms with Gasteiger partial charge in [-0.1, -0.05) is 74.5 Å². The monoisotopic (exact) mass is 545 g/mol. The molecule has 0 aromatic heterocycles. The standard InChI is InChI=1S/C33H43N3O4/c1-22(2)20-27(35-31(39)40-33(6,7)8)30(38)36(32(3,4)5)28(24-15-10-9-11-16-24)29(37)34-26-19-18-23-14-12-13-17-25(23)21-26/h9-19,21-22,27-28H,20H2,1-8H3,(H,34,37)(H,35,39). The Balaban J connectivity index is 2.03. The summed E-state index contributed by atoms with van der Waals surface area (Å²) in [5.41, 5.74) is -0.171. The number of nitrogens with one attached hydrogen (secondary N) is 2. The number of rotatable bonds is 8. The van der Waals surface area contributed by atoms with E-state index in [2.05, 4.69) is 10.6 Å². The van der Waals surface area contributed by atoms with E-state index in [0.717, 1.165) is 10.8 Å². The minimum absolute atomic E-state index is 0.104. The van der Waals surface area contributed by atoms with E-state index in [9.17, 15) is 14.4 Å². The van der Waals surface area contributed by atoms with Crippen LogP contribution in [0.1, 0.15) is 73.4 Å². The number of anilines is 1. The molecule has 0 saturated carbocycles. The molecule has 0 aliphatic rings. The Hall–Kier alpha value is -3.87. The summed E-state index contributed by atoms with van der Waals surface area (Å²) in [7, 11) is 0. The fraction of sp³-hybridized carbons (Fsp3) is 0.424. The molecule has 0 heterocycles. The lowest BCUT2D eigenvalue weighted by Crippen LogP contribution is -2.58. The first-order valence-electron chi connectivity index (χ1n) is 13.8. The average Bonchev–Trinajstić information content (AvgIpc) is 2.84. The van der Waals surface area contributed by atoms with Gasteiger partial charge in [0.1, 0.15) is 17.7 Å². The van der Waals surface area contributed by atoms with E-state index < -0.39 is 29.3 Å². The minimum Gasteiger partial charge on any atom is -0.444 e. The van der Waals surface area contributed by atoms with Crippen LogP contribution in [0.3, 0.4) is 0 Å². The molecule has 214 valence electrons. The third-order valence-corrected chi connectivity index (χ3v) is 6.30. The molecule has 3 amide bonds. The zero-order valence-corrected chi connectivity index (χ0v) is 24.9. The molecule has 2 atom stereocenters. The summed E-state index contributed by atoms with van der Waals surface area (Å²) in [6, 6.07) is 21.1. The first-order valence-corrected chi connectivity index (χ1v) is 13.8. The lowest BCUT2D eigenvalue weighted by atomic mass is 9.93. The molecule has 3 rings (SSSR count). The summed E-state index contributed by atoms with van der Waals surface area (Å²) in [5, 5.41) is 7.90. The van der Waals surface area contributed by atoms with Gasteiger partial charge in [0, 0.05) is 11.2 Å². The third kappa shape index (κ3) is 8.31. The number of nitrogens with zero attached hydrogens (tertiary/aromatic N) is 1. The Morgan fingerprint density at radius 2 is 1.43 bits per heavy atom. The van der Waals surface area contributed by atoms with Crippen LogP contribution in [0.4, 0.5) is 10.5 Å². The molecule has 0 aliphatic carbocycles. The van der Waals surface area contributed by atoms with Crippen molar-refractivity contribution in [2.75, 3.05) is 5.32 Å². The number of hydrogen-bond donors (Lipinski definition) is 2. The van der Waals surface area contributed by atoms with Gasteiger partial charge in [-0.2, -0.15) is 0 Å². The normalized spacial score (nSPS) is 13.4. The van der Waals surface area contributed by atoms with Gasteiger partial charge in [0.2, 0.25) is 5.91 Å². The number of carbonyl (C=O) groups excluding carboxylic acids is 3. The second kappa shape index (κ2) is 12.5. The van der Waals surface area contributed by atoms with Crippen molar-refractivity contribution in [2.24, 2.45) is 5.92 Å². The lowest BCUT2D eigenvalue weighted by molar-refractivity contribution is -0.147. The molecule has 0 radical (unpaired) electrons. The van der Waals surface area contributed by atoms with Crippen molar-refractivity contribution in [3.05, 3.63) is 78.4 Å². The number of ether oxygens (including phenoxy) is 1. The van der Waals surface area contributed by atoms with Crippen LogP contribution in [0.15, 0.2) is 72.8 Å². The van der Waals surface area contributed by atoms with E-state index in [0.29, 0.717) is 17.7 Å². The minimum atomic E-state index is -0.949. The number of fused-ring (bicyclic) bond motifs is 1. The van der Waals surface area contributed by atoms with Crippen LogP contribution in [-0.2, 0) is 14.3 Å². The van der Waals surface area contributed by atoms with Crippen molar-refractivity contribution in [2.45, 2.75) is 85.0 Å². The quantitative estimate of drug-likeness (QED) is 0.316. The zero-order chi connectivity index (χ0) is 29.7. The first-order chi connectivity index (χ1) is 18.7. The molecule has 0 saturated heterocycles. The predicted molar refractivity (Wildman–Crippen MR) is 161 cm³/mol. The topological polar surface area (TPSA) is 87.7 Å². The highest BCUT2D eigenvalue weighted by atomic mass is 16.6. The molecule has 0 bridgehead atoms. The predicted octanol–water partition coefficient (Wildman–Crippen LogP) is 7.09. The average molecular weight is 546 g/mol. The summed E-state index contributed by atoms with van der Waals surface area (Å²) >= 11 is 0. The van der Waals surface area contributed by atoms with Gasteiger partial charge in [-0.3, -0.25) is 9.59 Å². The van der Waals surface area contributed by atoms with Crippen LogP contribution in [0.5, 0.6) is 0 Å². The van der Waals surface area contributed by atoms with E-state index in [1.54, 1.807) is 25.7 Å². The van der Waals surface area contributed by atoms with Crippen molar-refractivity contribution < 1.29 is 19.1 Å². The van der Waals surface area contributed by atoms with Gasteiger partial charge in [0.15, 0.2) is 0 Å². The van der Waals surface area contributed by atoms with Crippen LogP contribution >= 0.6 is 0 Å². The maximum atomic E-state index is 14.3. The number of alkyl carbamates (subject to hydrolysis) is 1. The van der Waals surface area contributed by atoms with Gasteiger partial charge in [-0.25, -0.2) is 4.79 Å². The van der Waals surface area contributed by atoms with Gasteiger partial charge < -0.3 is 20.3 Å². The summed E-state index contributed by atoms with van der Waals surface area (Å²) in [4.78, 5) is 42.8. The Labute approximate surface area is 238 Å². The Morgan fingerprint density at radius 1 is 0.825 bits per heavy atom. The molecule has 2 N–H and O–H groups in total. The highest BCUT2D eigenvalue weighted by molar-refractivity contribution is 6.00. The second-order valence-corrected chi connectivity index (χ2v) is 12.6. The molecule has 0 fully saturated rings. The van der Waals surface area contributed by atoms with Gasteiger partial charge >= 0.3 is 6.09 Å². The van der Waals surface area contributed by atoms with Gasteiger partial charge in [-0.05, 0) is 82.3 Å². The summed E-state index contributed by atoms with van der Waals surface area (Å²) in [6.45, 7) is 15.0. The number of hydrogen-bond acceptors (Lipinski definition) is 4. The van der Waals surface area contributed by atoms with E-state index in [1.165, 1.54) is 0 Å². The van der Waals surface area contributed by atoms with Crippen LogP contribution in [-0.4, -0.2) is 40.0 Å². The number of carbonyl (C=O) groups is 3. The highest BCUT2D eigenvalue weighted by Crippen LogP contribution is 2.32. The maximum absolute atomic E-state index is 14.3. The maximum Gasteiger partial charge on any atom is 0.408 e. The van der Waals surface area contributed by atoms with E-state index in [1.807, 2.05) is 107 Å². The van der Waals surface area contributed by atoms with Gasteiger partial charge in [-0.15, -0.1) is 0 Å². The smallest absolute Gasteiger partial charge is 0.408 e. The molecule has 7 heteroatoms. The molecule has 0 spiro atoms. The van der Waals surface area contributed by atoms with Crippen LogP contribution < -0.4 is 10.6 Å². The van der Waals surface area contributed by atoms with Crippen LogP contribution in [0, 0.1) is 5.92 Å². The molecule has 2 unspecified atom stereocenters. The fourth-order valence-corrected chi connectivity index (χ4v) is 4.69. The lowest BCUT2D eigenvalue weighted by Gasteiger charge is -2.43. The summed E-state index contributed by atoms with van der Waals surface area (Å²) < 4.78 is 5.47. The van der Waals surface area contributed by atoms with Gasteiger partial charge in [0.25, 0.3) is 5.91 Å². The number of amides is 3. The van der Waals surface area contributed by atoms with E-state index in [4.69, 9.17) is 4.74 Å². The van der Waals surface area contributed by atoms with Crippen molar-refractivity contribution >= 4 is 34.4 Å². The molecule has 3 aromatic rings. The number of benzene rings is 3. The zero-order valence-electron chi connectivity index (χ0n) is 24.9. The van der Waals surface area contributed by atoms with Crippen molar-refractivity contribution in [3.8, 4) is 0 Å².